The Hall–Kier alpha value is -3.81. The number of nitrogens with one attached hydrogen (secondary N) is 1. The fraction of sp³-hybridized carbons (Fsp3) is 0.227. The van der Waals surface area contributed by atoms with Crippen molar-refractivity contribution < 1.29 is 28.5 Å². The molecule has 0 bridgehead atoms. The van der Waals surface area contributed by atoms with Gasteiger partial charge in [-0.25, -0.2) is 9.78 Å². The highest BCUT2D eigenvalue weighted by atomic mass is 16.5. The molecule has 8 nitrogen and oxygen atoms in total. The van der Waals surface area contributed by atoms with E-state index in [-0.39, 0.29) is 18.2 Å². The summed E-state index contributed by atoms with van der Waals surface area (Å²) < 4.78 is 20.9. The van der Waals surface area contributed by atoms with Crippen LogP contribution < -0.4 is 19.5 Å². The number of carbonyl (C=O) groups excluding carboxylic acids is 2. The predicted molar refractivity (Wildman–Crippen MR) is 111 cm³/mol. The SMILES string of the molecule is COC(=O)c1cc(OCC(=O)Nc2cc(OC)cc(OC)c2)c2cc(C)ccc2n1. The molecule has 0 saturated heterocycles. The standard InChI is InChI=1S/C22H22N2O6/c1-13-5-6-18-17(7-13)20(11-19(24-18)22(26)29-4)30-12-21(25)23-14-8-15(27-2)10-16(9-14)28-3/h5-11H,12H2,1-4H3,(H,23,25). The Labute approximate surface area is 173 Å². The number of esters is 1. The van der Waals surface area contributed by atoms with Gasteiger partial charge in [0.05, 0.1) is 26.8 Å². The molecule has 30 heavy (non-hydrogen) atoms. The maximum absolute atomic E-state index is 12.4. The Balaban J connectivity index is 1.81. The molecule has 0 fully saturated rings. The number of carbonyl (C=O) groups is 2. The van der Waals surface area contributed by atoms with Crippen LogP contribution in [-0.4, -0.2) is 44.8 Å². The minimum absolute atomic E-state index is 0.0989. The van der Waals surface area contributed by atoms with Gasteiger partial charge < -0.3 is 24.3 Å². The molecule has 0 atom stereocenters. The number of rotatable bonds is 7. The van der Waals surface area contributed by atoms with Gasteiger partial charge in [0.1, 0.15) is 17.2 Å². The van der Waals surface area contributed by atoms with E-state index in [1.54, 1.807) is 24.3 Å². The van der Waals surface area contributed by atoms with Gasteiger partial charge in [-0.3, -0.25) is 4.79 Å². The third kappa shape index (κ3) is 4.78. The Morgan fingerprint density at radius 3 is 2.30 bits per heavy atom. The van der Waals surface area contributed by atoms with Crippen LogP contribution in [-0.2, 0) is 9.53 Å². The molecule has 1 heterocycles. The van der Waals surface area contributed by atoms with Crippen LogP contribution in [0.15, 0.2) is 42.5 Å². The van der Waals surface area contributed by atoms with Gasteiger partial charge >= 0.3 is 5.97 Å². The third-order valence-electron chi connectivity index (χ3n) is 4.31. The number of benzene rings is 2. The van der Waals surface area contributed by atoms with E-state index in [9.17, 15) is 9.59 Å². The molecule has 3 aromatic rings. The number of hydrogen-bond donors (Lipinski definition) is 1. The van der Waals surface area contributed by atoms with Crippen molar-refractivity contribution in [2.24, 2.45) is 0 Å². The van der Waals surface area contributed by atoms with E-state index in [0.717, 1.165) is 5.56 Å². The number of anilines is 1. The highest BCUT2D eigenvalue weighted by molar-refractivity contribution is 5.95. The number of nitrogens with zero attached hydrogens (tertiary/aromatic N) is 1. The van der Waals surface area contributed by atoms with Gasteiger partial charge in [-0.15, -0.1) is 0 Å². The minimum Gasteiger partial charge on any atom is -0.497 e. The third-order valence-corrected chi connectivity index (χ3v) is 4.31. The van der Waals surface area contributed by atoms with Gasteiger partial charge in [-0.1, -0.05) is 11.6 Å². The summed E-state index contributed by atoms with van der Waals surface area (Å²) in [6.45, 7) is 1.66. The summed E-state index contributed by atoms with van der Waals surface area (Å²) in [4.78, 5) is 28.7. The largest absolute Gasteiger partial charge is 0.497 e. The van der Waals surface area contributed by atoms with Crippen molar-refractivity contribution in [2.45, 2.75) is 6.92 Å². The predicted octanol–water partition coefficient (Wildman–Crippen LogP) is 3.36. The average Bonchev–Trinajstić information content (AvgIpc) is 2.76. The number of methoxy groups -OCH3 is 3. The number of aromatic nitrogens is 1. The monoisotopic (exact) mass is 410 g/mol. The van der Waals surface area contributed by atoms with Crippen LogP contribution in [0.25, 0.3) is 10.9 Å². The average molecular weight is 410 g/mol. The van der Waals surface area contributed by atoms with Crippen molar-refractivity contribution in [3.63, 3.8) is 0 Å². The van der Waals surface area contributed by atoms with E-state index in [1.807, 2.05) is 19.1 Å². The molecule has 2 aromatic carbocycles. The lowest BCUT2D eigenvalue weighted by Gasteiger charge is -2.13. The van der Waals surface area contributed by atoms with Crippen molar-refractivity contribution in [2.75, 3.05) is 33.3 Å². The smallest absolute Gasteiger partial charge is 0.356 e. The van der Waals surface area contributed by atoms with E-state index in [4.69, 9.17) is 18.9 Å². The lowest BCUT2D eigenvalue weighted by Crippen LogP contribution is -2.20. The normalized spacial score (nSPS) is 10.4. The van der Waals surface area contributed by atoms with Gasteiger partial charge in [0, 0.05) is 35.3 Å². The second kappa shape index (κ2) is 9.13. The topological polar surface area (TPSA) is 96.0 Å². The highest BCUT2D eigenvalue weighted by Gasteiger charge is 2.15. The lowest BCUT2D eigenvalue weighted by atomic mass is 10.1. The van der Waals surface area contributed by atoms with Crippen molar-refractivity contribution in [3.8, 4) is 17.2 Å². The van der Waals surface area contributed by atoms with E-state index in [2.05, 4.69) is 10.3 Å². The number of hydrogen-bond acceptors (Lipinski definition) is 7. The Bertz CT molecular complexity index is 1070. The summed E-state index contributed by atoms with van der Waals surface area (Å²) in [5.74, 6) is 0.480. The molecule has 1 amide bonds. The summed E-state index contributed by atoms with van der Waals surface area (Å²) in [5.41, 5.74) is 2.16. The quantitative estimate of drug-likeness (QED) is 0.597. The molecule has 1 aromatic heterocycles. The van der Waals surface area contributed by atoms with E-state index < -0.39 is 5.97 Å². The lowest BCUT2D eigenvalue weighted by molar-refractivity contribution is -0.118. The molecule has 0 aliphatic rings. The van der Waals surface area contributed by atoms with Crippen LogP contribution >= 0.6 is 0 Å². The molecule has 0 spiro atoms. The second-order valence-electron chi connectivity index (χ2n) is 6.46. The van der Waals surface area contributed by atoms with Crippen LogP contribution in [0.3, 0.4) is 0 Å². The molecular weight excluding hydrogens is 388 g/mol. The summed E-state index contributed by atoms with van der Waals surface area (Å²) in [7, 11) is 4.33. The summed E-state index contributed by atoms with van der Waals surface area (Å²) in [6, 6.07) is 12.0. The Morgan fingerprint density at radius 2 is 1.67 bits per heavy atom. The van der Waals surface area contributed by atoms with Gasteiger partial charge in [-0.2, -0.15) is 0 Å². The first-order valence-corrected chi connectivity index (χ1v) is 9.09. The van der Waals surface area contributed by atoms with Gasteiger partial charge in [0.2, 0.25) is 0 Å². The molecule has 0 aliphatic heterocycles. The molecule has 156 valence electrons. The summed E-state index contributed by atoms with van der Waals surface area (Å²) in [5, 5.41) is 3.43. The van der Waals surface area contributed by atoms with Gasteiger partial charge in [0.15, 0.2) is 12.3 Å². The molecule has 0 unspecified atom stereocenters. The van der Waals surface area contributed by atoms with Crippen molar-refractivity contribution in [1.29, 1.82) is 0 Å². The molecule has 0 saturated carbocycles. The number of ether oxygens (including phenoxy) is 4. The highest BCUT2D eigenvalue weighted by Crippen LogP contribution is 2.28. The molecule has 8 heteroatoms. The van der Waals surface area contributed by atoms with Crippen molar-refractivity contribution in [3.05, 3.63) is 53.7 Å². The van der Waals surface area contributed by atoms with Crippen molar-refractivity contribution >= 4 is 28.5 Å². The van der Waals surface area contributed by atoms with Gasteiger partial charge in [-0.05, 0) is 19.1 Å². The molecule has 0 aliphatic carbocycles. The number of pyridine rings is 1. The zero-order valence-electron chi connectivity index (χ0n) is 17.1. The fourth-order valence-corrected chi connectivity index (χ4v) is 2.86. The zero-order valence-corrected chi connectivity index (χ0v) is 17.1. The summed E-state index contributed by atoms with van der Waals surface area (Å²) in [6.07, 6.45) is 0. The maximum atomic E-state index is 12.4. The maximum Gasteiger partial charge on any atom is 0.356 e. The molecular formula is C22H22N2O6. The number of aryl methyl sites for hydroxylation is 1. The van der Waals surface area contributed by atoms with E-state index in [1.165, 1.54) is 27.4 Å². The van der Waals surface area contributed by atoms with Gasteiger partial charge in [0.25, 0.3) is 5.91 Å². The molecule has 1 N–H and O–H groups in total. The fourth-order valence-electron chi connectivity index (χ4n) is 2.86. The van der Waals surface area contributed by atoms with E-state index in [0.29, 0.717) is 33.8 Å². The first-order valence-electron chi connectivity index (χ1n) is 9.09. The first-order chi connectivity index (χ1) is 14.4. The second-order valence-corrected chi connectivity index (χ2v) is 6.46. The van der Waals surface area contributed by atoms with E-state index >= 15 is 0 Å². The van der Waals surface area contributed by atoms with Crippen LogP contribution in [0.1, 0.15) is 16.1 Å². The molecule has 0 radical (unpaired) electrons. The first kappa shape index (κ1) is 20.9. The van der Waals surface area contributed by atoms with Crippen LogP contribution in [0.4, 0.5) is 5.69 Å². The Morgan fingerprint density at radius 1 is 0.967 bits per heavy atom. The van der Waals surface area contributed by atoms with Crippen LogP contribution in [0.5, 0.6) is 17.2 Å². The van der Waals surface area contributed by atoms with Crippen molar-refractivity contribution in [1.82, 2.24) is 4.98 Å². The zero-order chi connectivity index (χ0) is 21.7. The minimum atomic E-state index is -0.588. The summed E-state index contributed by atoms with van der Waals surface area (Å²) >= 11 is 0. The number of fused-ring (bicyclic) bond motifs is 1. The van der Waals surface area contributed by atoms with Crippen LogP contribution in [0.2, 0.25) is 0 Å². The molecule has 3 rings (SSSR count). The Kier molecular flexibility index (Phi) is 6.36. The van der Waals surface area contributed by atoms with Crippen LogP contribution in [0, 0.1) is 6.92 Å². The number of amides is 1.